The van der Waals surface area contributed by atoms with Gasteiger partial charge in [0.15, 0.2) is 5.65 Å². The molecule has 0 saturated carbocycles. The van der Waals surface area contributed by atoms with Crippen molar-refractivity contribution in [3.8, 4) is 0 Å². The summed E-state index contributed by atoms with van der Waals surface area (Å²) in [5.74, 6) is 0.147. The van der Waals surface area contributed by atoms with Gasteiger partial charge in [-0.05, 0) is 25.8 Å². The first-order valence-corrected chi connectivity index (χ1v) is 8.81. The molecule has 7 nitrogen and oxygen atoms in total. The van der Waals surface area contributed by atoms with Gasteiger partial charge in [-0.1, -0.05) is 13.8 Å². The Bertz CT molecular complexity index is 719. The van der Waals surface area contributed by atoms with Crippen LogP contribution in [0.5, 0.6) is 0 Å². The molecule has 0 saturated heterocycles. The molecular weight excluding hydrogens is 389 g/mol. The fraction of sp³-hybridized carbons (Fsp3) is 0.611. The van der Waals surface area contributed by atoms with Crippen molar-refractivity contribution in [2.45, 2.75) is 39.7 Å². The Labute approximate surface area is 173 Å². The van der Waals surface area contributed by atoms with Crippen LogP contribution in [0.25, 0.3) is 11.0 Å². The van der Waals surface area contributed by atoms with Crippen molar-refractivity contribution in [3.63, 3.8) is 0 Å². The first-order valence-electron chi connectivity index (χ1n) is 8.81. The predicted octanol–water partition coefficient (Wildman–Crippen LogP) is 2.95. The second-order valence-corrected chi connectivity index (χ2v) is 6.67. The van der Waals surface area contributed by atoms with E-state index in [1.54, 1.807) is 13.3 Å². The van der Waals surface area contributed by atoms with Gasteiger partial charge in [-0.15, -0.1) is 24.8 Å². The number of methoxy groups -OCH3 is 1. The fourth-order valence-corrected chi connectivity index (χ4v) is 2.56. The molecule has 0 fully saturated rings. The Morgan fingerprint density at radius 2 is 1.89 bits per heavy atom. The molecule has 154 valence electrons. The minimum absolute atomic E-state index is 0. The largest absolute Gasteiger partial charge is 0.383 e. The number of nitrogens with zero attached hydrogens (tertiary/aromatic N) is 3. The summed E-state index contributed by atoms with van der Waals surface area (Å²) in [7, 11) is 1.67. The highest BCUT2D eigenvalue weighted by molar-refractivity contribution is 6.05. The second kappa shape index (κ2) is 12.1. The minimum Gasteiger partial charge on any atom is -0.383 e. The molecule has 27 heavy (non-hydrogen) atoms. The average Bonchev–Trinajstić information content (AvgIpc) is 3.01. The summed E-state index contributed by atoms with van der Waals surface area (Å²) in [4.78, 5) is 17.4. The number of hydrogen-bond acceptors (Lipinski definition) is 5. The zero-order valence-corrected chi connectivity index (χ0v) is 18.2. The van der Waals surface area contributed by atoms with Crippen LogP contribution in [-0.2, 0) is 4.74 Å². The third-order valence-corrected chi connectivity index (χ3v) is 3.98. The fourth-order valence-electron chi connectivity index (χ4n) is 2.56. The van der Waals surface area contributed by atoms with Crippen LogP contribution >= 0.6 is 24.8 Å². The maximum absolute atomic E-state index is 12.7. The van der Waals surface area contributed by atoms with E-state index in [1.165, 1.54) is 0 Å². The zero-order valence-electron chi connectivity index (χ0n) is 16.6. The molecule has 2 N–H and O–H groups in total. The first-order chi connectivity index (χ1) is 12.0. The van der Waals surface area contributed by atoms with Crippen LogP contribution in [0.2, 0.25) is 0 Å². The van der Waals surface area contributed by atoms with E-state index in [4.69, 9.17) is 9.72 Å². The number of carbonyl (C=O) groups excluding carboxylic acids is 1. The SMILES string of the molecule is COCCNCCNC(=O)c1cc(C(C)C)nc2c1cnn2C(C)C.Cl.Cl. The van der Waals surface area contributed by atoms with E-state index in [2.05, 4.69) is 43.4 Å². The monoisotopic (exact) mass is 419 g/mol. The molecule has 0 unspecified atom stereocenters. The third-order valence-electron chi connectivity index (χ3n) is 3.98. The zero-order chi connectivity index (χ0) is 18.4. The number of halogens is 2. The lowest BCUT2D eigenvalue weighted by Gasteiger charge is -2.12. The van der Waals surface area contributed by atoms with Gasteiger partial charge in [0.1, 0.15) is 0 Å². The molecule has 0 atom stereocenters. The van der Waals surface area contributed by atoms with E-state index in [9.17, 15) is 4.79 Å². The van der Waals surface area contributed by atoms with E-state index < -0.39 is 0 Å². The van der Waals surface area contributed by atoms with E-state index in [-0.39, 0.29) is 42.7 Å². The molecule has 2 aromatic heterocycles. The molecule has 2 aromatic rings. The van der Waals surface area contributed by atoms with Crippen molar-refractivity contribution >= 4 is 41.8 Å². The molecule has 9 heteroatoms. The van der Waals surface area contributed by atoms with Crippen molar-refractivity contribution in [2.24, 2.45) is 0 Å². The minimum atomic E-state index is -0.0915. The van der Waals surface area contributed by atoms with Crippen LogP contribution in [0.15, 0.2) is 12.3 Å². The Morgan fingerprint density at radius 1 is 1.19 bits per heavy atom. The van der Waals surface area contributed by atoms with E-state index in [1.807, 2.05) is 10.7 Å². The van der Waals surface area contributed by atoms with Crippen molar-refractivity contribution in [2.75, 3.05) is 33.4 Å². The Balaban J connectivity index is 0.00000338. The van der Waals surface area contributed by atoms with Gasteiger partial charge in [-0.2, -0.15) is 5.10 Å². The van der Waals surface area contributed by atoms with E-state index >= 15 is 0 Å². The van der Waals surface area contributed by atoms with E-state index in [0.29, 0.717) is 25.3 Å². The van der Waals surface area contributed by atoms with Crippen molar-refractivity contribution in [1.82, 2.24) is 25.4 Å². The number of ether oxygens (including phenoxy) is 1. The number of pyridine rings is 1. The van der Waals surface area contributed by atoms with Gasteiger partial charge in [-0.3, -0.25) is 4.79 Å². The molecular formula is C18H31Cl2N5O2. The van der Waals surface area contributed by atoms with Gasteiger partial charge >= 0.3 is 0 Å². The number of nitrogens with one attached hydrogen (secondary N) is 2. The quantitative estimate of drug-likeness (QED) is 0.610. The second-order valence-electron chi connectivity index (χ2n) is 6.67. The smallest absolute Gasteiger partial charge is 0.252 e. The third kappa shape index (κ3) is 6.60. The highest BCUT2D eigenvalue weighted by Gasteiger charge is 2.18. The summed E-state index contributed by atoms with van der Waals surface area (Å²) in [6, 6.07) is 2.07. The van der Waals surface area contributed by atoms with Gasteiger partial charge in [0.05, 0.1) is 23.8 Å². The summed E-state index contributed by atoms with van der Waals surface area (Å²) >= 11 is 0. The molecule has 0 aliphatic rings. The van der Waals surface area contributed by atoms with Gasteiger partial charge in [0, 0.05) is 38.5 Å². The molecule has 1 amide bonds. The molecule has 0 aliphatic heterocycles. The Morgan fingerprint density at radius 3 is 2.48 bits per heavy atom. The number of hydrogen-bond donors (Lipinski definition) is 2. The first kappa shape index (κ1) is 25.6. The maximum atomic E-state index is 12.7. The lowest BCUT2D eigenvalue weighted by atomic mass is 10.0. The lowest BCUT2D eigenvalue weighted by molar-refractivity contribution is 0.0955. The number of fused-ring (bicyclic) bond motifs is 1. The van der Waals surface area contributed by atoms with Gasteiger partial charge in [-0.25, -0.2) is 9.67 Å². The van der Waals surface area contributed by atoms with Gasteiger partial charge < -0.3 is 15.4 Å². The normalized spacial score (nSPS) is 10.8. The van der Waals surface area contributed by atoms with Crippen LogP contribution in [0.4, 0.5) is 0 Å². The molecule has 0 aliphatic carbocycles. The molecule has 2 heterocycles. The summed E-state index contributed by atoms with van der Waals surface area (Å²) in [5.41, 5.74) is 2.31. The summed E-state index contributed by atoms with van der Waals surface area (Å²) < 4.78 is 6.84. The van der Waals surface area contributed by atoms with Gasteiger partial charge in [0.2, 0.25) is 0 Å². The van der Waals surface area contributed by atoms with Crippen LogP contribution in [0.1, 0.15) is 55.7 Å². The summed E-state index contributed by atoms with van der Waals surface area (Å²) in [5, 5.41) is 11.4. The highest BCUT2D eigenvalue weighted by atomic mass is 35.5. The molecule has 0 spiro atoms. The standard InChI is InChI=1S/C18H29N5O2.2ClH/c1-12(2)16-10-14(18(24)20-7-6-19-8-9-25-5)15-11-21-23(13(3)4)17(15)22-16;;/h10-13,19H,6-9H2,1-5H3,(H,20,24);2*1H. The lowest BCUT2D eigenvalue weighted by Crippen LogP contribution is -2.33. The van der Waals surface area contributed by atoms with Crippen molar-refractivity contribution < 1.29 is 9.53 Å². The predicted molar refractivity (Wildman–Crippen MR) is 114 cm³/mol. The van der Waals surface area contributed by atoms with Crippen LogP contribution in [0.3, 0.4) is 0 Å². The molecule has 0 aromatic carbocycles. The summed E-state index contributed by atoms with van der Waals surface area (Å²) in [6.07, 6.45) is 1.73. The Kier molecular flexibility index (Phi) is 11.5. The van der Waals surface area contributed by atoms with E-state index in [0.717, 1.165) is 23.3 Å². The van der Waals surface area contributed by atoms with Crippen LogP contribution in [-0.4, -0.2) is 54.0 Å². The van der Waals surface area contributed by atoms with Crippen molar-refractivity contribution in [1.29, 1.82) is 0 Å². The number of aromatic nitrogens is 3. The van der Waals surface area contributed by atoms with Crippen molar-refractivity contribution in [3.05, 3.63) is 23.5 Å². The molecule has 0 radical (unpaired) electrons. The number of amides is 1. The highest BCUT2D eigenvalue weighted by Crippen LogP contribution is 2.24. The summed E-state index contributed by atoms with van der Waals surface area (Å²) in [6.45, 7) is 10.9. The average molecular weight is 420 g/mol. The molecule has 2 rings (SSSR count). The van der Waals surface area contributed by atoms with Crippen LogP contribution in [0, 0.1) is 0 Å². The molecule has 0 bridgehead atoms. The van der Waals surface area contributed by atoms with Crippen LogP contribution < -0.4 is 10.6 Å². The van der Waals surface area contributed by atoms with Gasteiger partial charge in [0.25, 0.3) is 5.91 Å². The topological polar surface area (TPSA) is 81.1 Å². The number of carbonyl (C=O) groups is 1. The Hall–Kier alpha value is -1.41. The number of rotatable bonds is 9. The maximum Gasteiger partial charge on any atom is 0.252 e.